The molecule has 1 atom stereocenters. The zero-order valence-corrected chi connectivity index (χ0v) is 40.3. The predicted molar refractivity (Wildman–Crippen MR) is 269 cm³/mol. The fourth-order valence-electron chi connectivity index (χ4n) is 6.20. The Morgan fingerprint density at radius 2 is 0.619 bits per heavy atom. The highest BCUT2D eigenvalue weighted by atomic mass is 16.6. The first-order valence-electron chi connectivity index (χ1n) is 25.0. The molecule has 0 aliphatic carbocycles. The third-order valence-corrected chi connectivity index (χ3v) is 9.93. The molecular formula is C57H90O6. The monoisotopic (exact) mass is 871 g/mol. The van der Waals surface area contributed by atoms with E-state index in [1.807, 2.05) is 0 Å². The van der Waals surface area contributed by atoms with Crippen molar-refractivity contribution in [3.63, 3.8) is 0 Å². The molecule has 63 heavy (non-hydrogen) atoms. The van der Waals surface area contributed by atoms with Gasteiger partial charge < -0.3 is 14.2 Å². The number of esters is 3. The zero-order valence-electron chi connectivity index (χ0n) is 40.3. The van der Waals surface area contributed by atoms with Crippen molar-refractivity contribution < 1.29 is 28.6 Å². The van der Waals surface area contributed by atoms with Crippen molar-refractivity contribution in [2.75, 3.05) is 13.2 Å². The Labute approximate surface area is 386 Å². The van der Waals surface area contributed by atoms with E-state index in [1.165, 1.54) is 25.7 Å². The number of unbranched alkanes of at least 4 members (excludes halogenated alkanes) is 12. The standard InChI is InChI=1S/C57H90O6/c1-4-7-10-13-16-19-22-24-25-26-27-28-29-30-31-33-35-38-41-44-47-50-56(59)62-53-54(52-61-55(58)49-46-43-40-37-34-21-18-15-12-9-6-3)63-57(60)51-48-45-42-39-36-32-23-20-17-14-11-8-5-2/h7-8,10-11,15-20,24-25,27-28,30-32,35-36,38,54H,4-6,9,12-14,21-23,26,29,33-34,37,39-53H2,1-3H3/b10-7-,11-8-,18-15-,19-16-,20-17-,25-24-,28-27-,31-30-,36-32-,38-35-. The molecule has 0 aromatic carbocycles. The van der Waals surface area contributed by atoms with Gasteiger partial charge in [0.05, 0.1) is 0 Å². The van der Waals surface area contributed by atoms with Crippen LogP contribution in [0.3, 0.4) is 0 Å². The van der Waals surface area contributed by atoms with Gasteiger partial charge in [0, 0.05) is 19.3 Å². The van der Waals surface area contributed by atoms with Crippen LogP contribution in [0, 0.1) is 0 Å². The van der Waals surface area contributed by atoms with Crippen LogP contribution in [-0.2, 0) is 28.6 Å². The normalized spacial score (nSPS) is 13.1. The average Bonchev–Trinajstić information content (AvgIpc) is 3.28. The van der Waals surface area contributed by atoms with Crippen LogP contribution < -0.4 is 0 Å². The molecule has 0 saturated heterocycles. The summed E-state index contributed by atoms with van der Waals surface area (Å²) in [6.07, 6.45) is 69.0. The molecule has 0 N–H and O–H groups in total. The quantitative estimate of drug-likeness (QED) is 0.0263. The van der Waals surface area contributed by atoms with Crippen molar-refractivity contribution in [3.05, 3.63) is 122 Å². The maximum absolute atomic E-state index is 12.7. The number of carbonyl (C=O) groups is 3. The Kier molecular flexibility index (Phi) is 47.1. The second kappa shape index (κ2) is 50.5. The van der Waals surface area contributed by atoms with Crippen molar-refractivity contribution in [1.82, 2.24) is 0 Å². The molecule has 0 aromatic rings. The highest BCUT2D eigenvalue weighted by molar-refractivity contribution is 5.71. The van der Waals surface area contributed by atoms with Crippen LogP contribution in [-0.4, -0.2) is 37.2 Å². The number of hydrogen-bond donors (Lipinski definition) is 0. The van der Waals surface area contributed by atoms with E-state index in [9.17, 15) is 14.4 Å². The molecule has 0 aliphatic rings. The lowest BCUT2D eigenvalue weighted by molar-refractivity contribution is -0.167. The Balaban J connectivity index is 4.49. The predicted octanol–water partition coefficient (Wildman–Crippen LogP) is 16.5. The summed E-state index contributed by atoms with van der Waals surface area (Å²) >= 11 is 0. The molecule has 1 unspecified atom stereocenters. The lowest BCUT2D eigenvalue weighted by atomic mass is 10.1. The fourth-order valence-corrected chi connectivity index (χ4v) is 6.20. The van der Waals surface area contributed by atoms with E-state index in [-0.39, 0.29) is 37.5 Å². The zero-order chi connectivity index (χ0) is 45.8. The third kappa shape index (κ3) is 48.7. The third-order valence-electron chi connectivity index (χ3n) is 9.93. The second-order valence-corrected chi connectivity index (χ2v) is 16.0. The minimum absolute atomic E-state index is 0.112. The summed E-state index contributed by atoms with van der Waals surface area (Å²) in [4.78, 5) is 37.9. The van der Waals surface area contributed by atoms with Crippen LogP contribution in [0.4, 0.5) is 0 Å². The summed E-state index contributed by atoms with van der Waals surface area (Å²) in [5.41, 5.74) is 0. The highest BCUT2D eigenvalue weighted by Crippen LogP contribution is 2.12. The van der Waals surface area contributed by atoms with Gasteiger partial charge in [-0.25, -0.2) is 0 Å². The van der Waals surface area contributed by atoms with Crippen LogP contribution in [0.5, 0.6) is 0 Å². The largest absolute Gasteiger partial charge is 0.462 e. The molecule has 0 spiro atoms. The molecule has 0 radical (unpaired) electrons. The minimum atomic E-state index is -0.817. The van der Waals surface area contributed by atoms with Crippen LogP contribution in [0.15, 0.2) is 122 Å². The lowest BCUT2D eigenvalue weighted by Gasteiger charge is -2.18. The molecular weight excluding hydrogens is 781 g/mol. The molecule has 0 aliphatic heterocycles. The van der Waals surface area contributed by atoms with E-state index in [2.05, 4.69) is 142 Å². The van der Waals surface area contributed by atoms with Crippen molar-refractivity contribution >= 4 is 17.9 Å². The minimum Gasteiger partial charge on any atom is -0.462 e. The molecule has 0 heterocycles. The molecule has 6 nitrogen and oxygen atoms in total. The van der Waals surface area contributed by atoms with Gasteiger partial charge in [-0.1, -0.05) is 181 Å². The number of ether oxygens (including phenoxy) is 3. The van der Waals surface area contributed by atoms with Gasteiger partial charge in [0.15, 0.2) is 6.10 Å². The van der Waals surface area contributed by atoms with E-state index in [0.29, 0.717) is 25.7 Å². The SMILES string of the molecule is CC/C=C\C/C=C\C/C=C\C/C=C\C/C=C\C/C=C\CCCCC(=O)OCC(COC(=O)CCCCCCC/C=C\CCCC)OC(=O)CCCCC/C=C\C/C=C\C/C=C\CC. The van der Waals surface area contributed by atoms with Crippen LogP contribution >= 0.6 is 0 Å². The smallest absolute Gasteiger partial charge is 0.306 e. The summed E-state index contributed by atoms with van der Waals surface area (Å²) in [5.74, 6) is -1.01. The van der Waals surface area contributed by atoms with E-state index in [4.69, 9.17) is 14.2 Å². The maximum atomic E-state index is 12.7. The number of hydrogen-bond acceptors (Lipinski definition) is 6. The molecule has 0 rings (SSSR count). The van der Waals surface area contributed by atoms with Crippen molar-refractivity contribution in [3.8, 4) is 0 Å². The number of carbonyl (C=O) groups excluding carboxylic acids is 3. The van der Waals surface area contributed by atoms with Gasteiger partial charge >= 0.3 is 17.9 Å². The van der Waals surface area contributed by atoms with Gasteiger partial charge in [-0.3, -0.25) is 14.4 Å². The van der Waals surface area contributed by atoms with E-state index in [1.54, 1.807) is 0 Å². The van der Waals surface area contributed by atoms with Crippen LogP contribution in [0.25, 0.3) is 0 Å². The Hall–Kier alpha value is -4.19. The van der Waals surface area contributed by atoms with Crippen molar-refractivity contribution in [2.45, 2.75) is 207 Å². The van der Waals surface area contributed by atoms with Gasteiger partial charge in [0.25, 0.3) is 0 Å². The number of rotatable bonds is 43. The van der Waals surface area contributed by atoms with Crippen LogP contribution in [0.1, 0.15) is 201 Å². The molecule has 0 saturated carbocycles. The lowest BCUT2D eigenvalue weighted by Crippen LogP contribution is -2.30. The van der Waals surface area contributed by atoms with E-state index in [0.717, 1.165) is 122 Å². The average molecular weight is 871 g/mol. The van der Waals surface area contributed by atoms with Gasteiger partial charge in [0.2, 0.25) is 0 Å². The number of allylic oxidation sites excluding steroid dienone is 20. The first kappa shape index (κ1) is 58.8. The Morgan fingerprint density at radius 1 is 0.333 bits per heavy atom. The summed E-state index contributed by atoms with van der Waals surface area (Å²) in [7, 11) is 0. The Bertz CT molecular complexity index is 1370. The van der Waals surface area contributed by atoms with Gasteiger partial charge in [-0.15, -0.1) is 0 Å². The summed E-state index contributed by atoms with van der Waals surface area (Å²) in [5, 5.41) is 0. The van der Waals surface area contributed by atoms with Gasteiger partial charge in [-0.05, 0) is 122 Å². The highest BCUT2D eigenvalue weighted by Gasteiger charge is 2.19. The van der Waals surface area contributed by atoms with E-state index >= 15 is 0 Å². The van der Waals surface area contributed by atoms with Crippen molar-refractivity contribution in [1.29, 1.82) is 0 Å². The first-order valence-corrected chi connectivity index (χ1v) is 25.0. The topological polar surface area (TPSA) is 78.9 Å². The molecule has 0 fully saturated rings. The van der Waals surface area contributed by atoms with Crippen LogP contribution in [0.2, 0.25) is 0 Å². The molecule has 354 valence electrons. The maximum Gasteiger partial charge on any atom is 0.306 e. The van der Waals surface area contributed by atoms with E-state index < -0.39 is 6.10 Å². The molecule has 6 heteroatoms. The first-order chi connectivity index (χ1) is 31.0. The molecule has 0 aromatic heterocycles. The molecule has 0 bridgehead atoms. The summed E-state index contributed by atoms with van der Waals surface area (Å²) < 4.78 is 16.7. The fraction of sp³-hybridized carbons (Fsp3) is 0.596. The van der Waals surface area contributed by atoms with Gasteiger partial charge in [0.1, 0.15) is 13.2 Å². The summed E-state index contributed by atoms with van der Waals surface area (Å²) in [6.45, 7) is 6.27. The van der Waals surface area contributed by atoms with Gasteiger partial charge in [-0.2, -0.15) is 0 Å². The summed E-state index contributed by atoms with van der Waals surface area (Å²) in [6, 6.07) is 0. The van der Waals surface area contributed by atoms with Crippen molar-refractivity contribution in [2.24, 2.45) is 0 Å². The molecule has 0 amide bonds. The second-order valence-electron chi connectivity index (χ2n) is 16.0. The Morgan fingerprint density at radius 3 is 1.03 bits per heavy atom.